The monoisotopic (exact) mass is 263 g/mol. The van der Waals surface area contributed by atoms with Crippen molar-refractivity contribution in [3.8, 4) is 0 Å². The summed E-state index contributed by atoms with van der Waals surface area (Å²) in [6, 6.07) is 1.76. The lowest BCUT2D eigenvalue weighted by Crippen LogP contribution is -2.36. The molecule has 0 bridgehead atoms. The van der Waals surface area contributed by atoms with Gasteiger partial charge in [-0.3, -0.25) is 0 Å². The Morgan fingerprint density at radius 3 is 2.58 bits per heavy atom. The number of hydrogen-bond acceptors (Lipinski definition) is 4. The van der Waals surface area contributed by atoms with Crippen LogP contribution in [0.3, 0.4) is 0 Å². The molecule has 2 rings (SSSR count). The molecule has 4 nitrogen and oxygen atoms in total. The van der Waals surface area contributed by atoms with Gasteiger partial charge in [0.2, 0.25) is 0 Å². The number of ether oxygens (including phenoxy) is 1. The summed E-state index contributed by atoms with van der Waals surface area (Å²) in [5, 5.41) is 0. The molecule has 19 heavy (non-hydrogen) atoms. The molecule has 1 heterocycles. The van der Waals surface area contributed by atoms with E-state index in [2.05, 4.69) is 4.98 Å². The third-order valence-electron chi connectivity index (χ3n) is 4.31. The molecule has 0 saturated heterocycles. The van der Waals surface area contributed by atoms with Gasteiger partial charge < -0.3 is 16.2 Å². The smallest absolute Gasteiger partial charge is 0.128 e. The first-order valence-electron chi connectivity index (χ1n) is 7.14. The molecule has 1 fully saturated rings. The van der Waals surface area contributed by atoms with Gasteiger partial charge in [-0.25, -0.2) is 4.98 Å². The van der Waals surface area contributed by atoms with Crippen LogP contribution in [0, 0.1) is 12.8 Å². The van der Waals surface area contributed by atoms with Crippen LogP contribution >= 0.6 is 0 Å². The Hall–Kier alpha value is -1.13. The van der Waals surface area contributed by atoms with Crippen molar-refractivity contribution < 1.29 is 4.74 Å². The van der Waals surface area contributed by atoms with Gasteiger partial charge in [0.15, 0.2) is 0 Å². The standard InChI is InChI=1S/C15H25N3O/c1-10-8-9-18-15(17)12(10)13(16)14(19-2)11-6-4-3-5-7-11/h8-9,11,13-14H,3-7,16H2,1-2H3,(H2,17,18). The van der Waals surface area contributed by atoms with Crippen molar-refractivity contribution in [2.75, 3.05) is 12.8 Å². The predicted octanol–water partition coefficient (Wildman–Crippen LogP) is 2.57. The zero-order chi connectivity index (χ0) is 13.8. The molecule has 1 aromatic heterocycles. The molecule has 1 saturated carbocycles. The molecule has 4 N–H and O–H groups in total. The van der Waals surface area contributed by atoms with Gasteiger partial charge in [-0.05, 0) is 37.3 Å². The van der Waals surface area contributed by atoms with Crippen LogP contribution in [0.2, 0.25) is 0 Å². The minimum absolute atomic E-state index is 0.0329. The van der Waals surface area contributed by atoms with Gasteiger partial charge in [0.05, 0.1) is 12.1 Å². The minimum atomic E-state index is -0.193. The van der Waals surface area contributed by atoms with E-state index in [1.54, 1.807) is 13.3 Å². The van der Waals surface area contributed by atoms with E-state index in [-0.39, 0.29) is 12.1 Å². The van der Waals surface area contributed by atoms with Gasteiger partial charge >= 0.3 is 0 Å². The van der Waals surface area contributed by atoms with Crippen LogP contribution in [-0.4, -0.2) is 18.2 Å². The number of hydrogen-bond donors (Lipinski definition) is 2. The van der Waals surface area contributed by atoms with E-state index in [9.17, 15) is 0 Å². The average molecular weight is 263 g/mol. The van der Waals surface area contributed by atoms with Gasteiger partial charge in [-0.15, -0.1) is 0 Å². The molecule has 0 aromatic carbocycles. The molecule has 1 aliphatic carbocycles. The van der Waals surface area contributed by atoms with E-state index in [0.29, 0.717) is 11.7 Å². The summed E-state index contributed by atoms with van der Waals surface area (Å²) in [6.07, 6.45) is 8.04. The zero-order valence-electron chi connectivity index (χ0n) is 11.9. The Morgan fingerprint density at radius 2 is 2.00 bits per heavy atom. The van der Waals surface area contributed by atoms with Crippen molar-refractivity contribution >= 4 is 5.82 Å². The van der Waals surface area contributed by atoms with E-state index in [0.717, 1.165) is 11.1 Å². The molecular weight excluding hydrogens is 238 g/mol. The molecule has 106 valence electrons. The van der Waals surface area contributed by atoms with Crippen LogP contribution < -0.4 is 11.5 Å². The van der Waals surface area contributed by atoms with Gasteiger partial charge in [-0.1, -0.05) is 19.3 Å². The van der Waals surface area contributed by atoms with Gasteiger partial charge in [0.1, 0.15) is 5.82 Å². The van der Waals surface area contributed by atoms with Gasteiger partial charge in [-0.2, -0.15) is 0 Å². The Bertz CT molecular complexity index is 396. The van der Waals surface area contributed by atoms with Crippen molar-refractivity contribution in [3.63, 3.8) is 0 Å². The number of nitrogens with zero attached hydrogens (tertiary/aromatic N) is 1. The zero-order valence-corrected chi connectivity index (χ0v) is 11.9. The Kier molecular flexibility index (Phi) is 4.77. The molecule has 1 aliphatic rings. The van der Waals surface area contributed by atoms with Crippen molar-refractivity contribution in [2.45, 2.75) is 51.2 Å². The highest BCUT2D eigenvalue weighted by atomic mass is 16.5. The number of rotatable bonds is 4. The number of methoxy groups -OCH3 is 1. The minimum Gasteiger partial charge on any atom is -0.383 e. The maximum Gasteiger partial charge on any atom is 0.128 e. The quantitative estimate of drug-likeness (QED) is 0.875. The molecular formula is C15H25N3O. The molecule has 0 aliphatic heterocycles. The van der Waals surface area contributed by atoms with E-state index in [1.165, 1.54) is 32.1 Å². The maximum absolute atomic E-state index is 6.44. The normalized spacial score (nSPS) is 20.2. The fraction of sp³-hybridized carbons (Fsp3) is 0.667. The summed E-state index contributed by atoms with van der Waals surface area (Å²) < 4.78 is 5.71. The summed E-state index contributed by atoms with van der Waals surface area (Å²) in [5.74, 6) is 1.07. The fourth-order valence-corrected chi connectivity index (χ4v) is 3.28. The number of pyridine rings is 1. The highest BCUT2D eigenvalue weighted by Crippen LogP contribution is 2.35. The number of nitrogen functional groups attached to an aromatic ring is 1. The van der Waals surface area contributed by atoms with Crippen molar-refractivity contribution in [1.82, 2.24) is 4.98 Å². The van der Waals surface area contributed by atoms with Crippen LogP contribution in [0.1, 0.15) is 49.3 Å². The number of nitrogens with two attached hydrogens (primary N) is 2. The molecule has 0 radical (unpaired) electrons. The molecule has 4 heteroatoms. The lowest BCUT2D eigenvalue weighted by Gasteiger charge is -2.34. The fourth-order valence-electron chi connectivity index (χ4n) is 3.28. The van der Waals surface area contributed by atoms with Gasteiger partial charge in [0, 0.05) is 18.9 Å². The molecule has 1 aromatic rings. The van der Waals surface area contributed by atoms with Crippen LogP contribution in [0.15, 0.2) is 12.3 Å². The second kappa shape index (κ2) is 6.35. The van der Waals surface area contributed by atoms with Crippen LogP contribution in [-0.2, 0) is 4.74 Å². The largest absolute Gasteiger partial charge is 0.383 e. The van der Waals surface area contributed by atoms with Crippen LogP contribution in [0.5, 0.6) is 0 Å². The van der Waals surface area contributed by atoms with Crippen molar-refractivity contribution in [2.24, 2.45) is 11.7 Å². The van der Waals surface area contributed by atoms with Crippen molar-refractivity contribution in [3.05, 3.63) is 23.4 Å². The number of aryl methyl sites for hydroxylation is 1. The first-order valence-corrected chi connectivity index (χ1v) is 7.14. The van der Waals surface area contributed by atoms with E-state index in [4.69, 9.17) is 16.2 Å². The van der Waals surface area contributed by atoms with E-state index < -0.39 is 0 Å². The van der Waals surface area contributed by atoms with Gasteiger partial charge in [0.25, 0.3) is 0 Å². The SMILES string of the molecule is COC(C1CCCCC1)C(N)c1c(C)ccnc1N. The highest BCUT2D eigenvalue weighted by molar-refractivity contribution is 5.46. The van der Waals surface area contributed by atoms with E-state index >= 15 is 0 Å². The van der Waals surface area contributed by atoms with Crippen LogP contribution in [0.25, 0.3) is 0 Å². The summed E-state index contributed by atoms with van der Waals surface area (Å²) in [5.41, 5.74) is 14.5. The molecule has 2 atom stereocenters. The third kappa shape index (κ3) is 3.07. The summed E-state index contributed by atoms with van der Waals surface area (Å²) in [7, 11) is 1.75. The summed E-state index contributed by atoms with van der Waals surface area (Å²) in [4.78, 5) is 4.17. The van der Waals surface area contributed by atoms with Crippen molar-refractivity contribution in [1.29, 1.82) is 0 Å². The molecule has 0 spiro atoms. The average Bonchev–Trinajstić information content (AvgIpc) is 2.40. The first kappa shape index (κ1) is 14.3. The Labute approximate surface area is 115 Å². The first-order chi connectivity index (χ1) is 9.15. The maximum atomic E-state index is 6.44. The molecule has 0 amide bonds. The summed E-state index contributed by atoms with van der Waals surface area (Å²) >= 11 is 0. The Balaban J connectivity index is 2.22. The summed E-state index contributed by atoms with van der Waals surface area (Å²) in [6.45, 7) is 2.03. The second-order valence-electron chi connectivity index (χ2n) is 5.55. The number of anilines is 1. The lowest BCUT2D eigenvalue weighted by atomic mass is 9.80. The second-order valence-corrected chi connectivity index (χ2v) is 5.55. The van der Waals surface area contributed by atoms with E-state index in [1.807, 2.05) is 13.0 Å². The Morgan fingerprint density at radius 1 is 1.32 bits per heavy atom. The number of aromatic nitrogens is 1. The topological polar surface area (TPSA) is 74.2 Å². The lowest BCUT2D eigenvalue weighted by molar-refractivity contribution is 0.0172. The highest BCUT2D eigenvalue weighted by Gasteiger charge is 2.31. The van der Waals surface area contributed by atoms with Crippen LogP contribution in [0.4, 0.5) is 5.82 Å². The predicted molar refractivity (Wildman–Crippen MR) is 77.7 cm³/mol. The molecule has 2 unspecified atom stereocenters. The third-order valence-corrected chi connectivity index (χ3v) is 4.31.